The fourth-order valence-electron chi connectivity index (χ4n) is 1.49. The van der Waals surface area contributed by atoms with Gasteiger partial charge in [0.1, 0.15) is 5.56 Å². The molecule has 0 atom stereocenters. The van der Waals surface area contributed by atoms with E-state index < -0.39 is 22.2 Å². The molecule has 114 valence electrons. The molecule has 0 aliphatic heterocycles. The van der Waals surface area contributed by atoms with Crippen molar-refractivity contribution >= 4 is 23.3 Å². The number of rotatable bonds is 6. The minimum atomic E-state index is -0.806. The molecule has 0 radical (unpaired) electrons. The highest BCUT2D eigenvalue weighted by atomic mass is 16.6. The largest absolute Gasteiger partial charge is 0.465 e. The zero-order valence-corrected chi connectivity index (χ0v) is 12.0. The van der Waals surface area contributed by atoms with E-state index in [1.165, 1.54) is 18.2 Å². The second-order valence-electron chi connectivity index (χ2n) is 5.08. The van der Waals surface area contributed by atoms with Crippen LogP contribution in [0.15, 0.2) is 18.2 Å². The summed E-state index contributed by atoms with van der Waals surface area (Å²) >= 11 is 0. The Balaban J connectivity index is 3.04. The van der Waals surface area contributed by atoms with E-state index in [2.05, 4.69) is 10.1 Å². The molecular weight excluding hydrogens is 278 g/mol. The van der Waals surface area contributed by atoms with Gasteiger partial charge in [-0.2, -0.15) is 0 Å². The maximum absolute atomic E-state index is 11.6. The molecule has 0 fully saturated rings. The van der Waals surface area contributed by atoms with Crippen LogP contribution in [0.2, 0.25) is 0 Å². The summed E-state index contributed by atoms with van der Waals surface area (Å²) in [5, 5.41) is 13.8. The topological polar surface area (TPSA) is 125 Å². The van der Waals surface area contributed by atoms with Crippen LogP contribution in [0.4, 0.5) is 11.4 Å². The van der Waals surface area contributed by atoms with E-state index in [4.69, 9.17) is 5.73 Å². The number of carbonyl (C=O) groups excluding carboxylic acids is 2. The molecule has 3 N–H and O–H groups in total. The van der Waals surface area contributed by atoms with Gasteiger partial charge in [0.25, 0.3) is 5.69 Å². The van der Waals surface area contributed by atoms with E-state index in [0.717, 1.165) is 7.11 Å². The Kier molecular flexibility index (Phi) is 4.85. The molecule has 0 aromatic heterocycles. The average Bonchev–Trinajstić information content (AvgIpc) is 2.43. The first-order chi connectivity index (χ1) is 9.69. The van der Waals surface area contributed by atoms with Crippen molar-refractivity contribution in [2.24, 2.45) is 11.1 Å². The molecule has 0 aliphatic carbocycles. The van der Waals surface area contributed by atoms with Crippen molar-refractivity contribution in [3.8, 4) is 0 Å². The van der Waals surface area contributed by atoms with E-state index in [-0.39, 0.29) is 17.8 Å². The Morgan fingerprint density at radius 3 is 2.52 bits per heavy atom. The lowest BCUT2D eigenvalue weighted by molar-refractivity contribution is -0.385. The van der Waals surface area contributed by atoms with Gasteiger partial charge in [-0.05, 0) is 26.0 Å². The zero-order valence-electron chi connectivity index (χ0n) is 12.0. The SMILES string of the molecule is COC(=O)c1cc(NCC(C)(C)C(N)=O)ccc1[N+](=O)[O-]. The predicted molar refractivity (Wildman–Crippen MR) is 75.9 cm³/mol. The third kappa shape index (κ3) is 3.91. The Bertz CT molecular complexity index is 583. The van der Waals surface area contributed by atoms with Gasteiger partial charge < -0.3 is 15.8 Å². The lowest BCUT2D eigenvalue weighted by atomic mass is 9.92. The number of nitrogens with two attached hydrogens (primary N) is 1. The first kappa shape index (κ1) is 16.4. The monoisotopic (exact) mass is 295 g/mol. The van der Waals surface area contributed by atoms with Crippen molar-refractivity contribution in [1.82, 2.24) is 0 Å². The smallest absolute Gasteiger partial charge is 0.344 e. The minimum Gasteiger partial charge on any atom is -0.465 e. The summed E-state index contributed by atoms with van der Waals surface area (Å²) in [5.41, 5.74) is 4.40. The number of nitro groups is 1. The van der Waals surface area contributed by atoms with Gasteiger partial charge in [0.15, 0.2) is 0 Å². The number of hydrogen-bond acceptors (Lipinski definition) is 6. The average molecular weight is 295 g/mol. The Morgan fingerprint density at radius 1 is 1.43 bits per heavy atom. The Morgan fingerprint density at radius 2 is 2.05 bits per heavy atom. The van der Waals surface area contributed by atoms with E-state index >= 15 is 0 Å². The molecule has 1 aromatic rings. The van der Waals surface area contributed by atoms with E-state index in [1.807, 2.05) is 0 Å². The number of ether oxygens (including phenoxy) is 1. The standard InChI is InChI=1S/C13H17N3O5/c1-13(2,12(14)18)7-15-8-4-5-10(16(19)20)9(6-8)11(17)21-3/h4-6,15H,7H2,1-3H3,(H2,14,18). The third-order valence-corrected chi connectivity index (χ3v) is 3.00. The number of primary amides is 1. The molecule has 0 saturated carbocycles. The van der Waals surface area contributed by atoms with Gasteiger partial charge in [-0.25, -0.2) is 4.79 Å². The number of amides is 1. The molecule has 1 rings (SSSR count). The van der Waals surface area contributed by atoms with Crippen molar-refractivity contribution in [2.75, 3.05) is 19.0 Å². The van der Waals surface area contributed by atoms with Crippen molar-refractivity contribution in [2.45, 2.75) is 13.8 Å². The fraction of sp³-hybridized carbons (Fsp3) is 0.385. The van der Waals surface area contributed by atoms with Crippen molar-refractivity contribution in [3.05, 3.63) is 33.9 Å². The summed E-state index contributed by atoms with van der Waals surface area (Å²) in [4.78, 5) is 33.0. The number of esters is 1. The van der Waals surface area contributed by atoms with Gasteiger partial charge >= 0.3 is 5.97 Å². The quantitative estimate of drug-likeness (QED) is 0.463. The van der Waals surface area contributed by atoms with Gasteiger partial charge in [0, 0.05) is 18.3 Å². The molecule has 8 heteroatoms. The fourth-order valence-corrected chi connectivity index (χ4v) is 1.49. The van der Waals surface area contributed by atoms with Gasteiger partial charge in [-0.3, -0.25) is 14.9 Å². The molecule has 0 unspecified atom stereocenters. The van der Waals surface area contributed by atoms with Crippen LogP contribution < -0.4 is 11.1 Å². The van der Waals surface area contributed by atoms with Crippen LogP contribution in [-0.2, 0) is 9.53 Å². The Labute approximate surface area is 121 Å². The van der Waals surface area contributed by atoms with Gasteiger partial charge in [-0.1, -0.05) is 0 Å². The summed E-state index contributed by atoms with van der Waals surface area (Å²) in [6, 6.07) is 3.95. The summed E-state index contributed by atoms with van der Waals surface area (Å²) in [6.45, 7) is 3.55. The molecular formula is C13H17N3O5. The van der Waals surface area contributed by atoms with Gasteiger partial charge in [0.2, 0.25) is 5.91 Å². The first-order valence-electron chi connectivity index (χ1n) is 6.09. The second kappa shape index (κ2) is 6.21. The third-order valence-electron chi connectivity index (χ3n) is 3.00. The number of nitro benzene ring substituents is 1. The van der Waals surface area contributed by atoms with Crippen molar-refractivity contribution < 1.29 is 19.2 Å². The molecule has 0 bridgehead atoms. The summed E-state index contributed by atoms with van der Waals surface area (Å²) in [7, 11) is 1.14. The molecule has 0 saturated heterocycles. The first-order valence-corrected chi connectivity index (χ1v) is 6.09. The van der Waals surface area contributed by atoms with Gasteiger partial charge in [-0.15, -0.1) is 0 Å². The number of nitrogens with zero attached hydrogens (tertiary/aromatic N) is 1. The maximum atomic E-state index is 11.6. The lowest BCUT2D eigenvalue weighted by Gasteiger charge is -2.21. The molecule has 1 amide bonds. The number of hydrogen-bond donors (Lipinski definition) is 2. The summed E-state index contributed by atoms with van der Waals surface area (Å²) < 4.78 is 4.52. The summed E-state index contributed by atoms with van der Waals surface area (Å²) in [5.74, 6) is -1.29. The van der Waals surface area contributed by atoms with Crippen molar-refractivity contribution in [3.63, 3.8) is 0 Å². The second-order valence-corrected chi connectivity index (χ2v) is 5.08. The van der Waals surface area contributed by atoms with E-state index in [0.29, 0.717) is 5.69 Å². The highest BCUT2D eigenvalue weighted by molar-refractivity contribution is 5.95. The number of methoxy groups -OCH3 is 1. The molecule has 0 aliphatic rings. The predicted octanol–water partition coefficient (Wildman–Crippen LogP) is 1.30. The van der Waals surface area contributed by atoms with Crippen molar-refractivity contribution in [1.29, 1.82) is 0 Å². The molecule has 0 heterocycles. The Hall–Kier alpha value is -2.64. The number of carbonyl (C=O) groups is 2. The van der Waals surface area contributed by atoms with E-state index in [1.54, 1.807) is 13.8 Å². The summed E-state index contributed by atoms with van der Waals surface area (Å²) in [6.07, 6.45) is 0. The lowest BCUT2D eigenvalue weighted by Crippen LogP contribution is -2.37. The van der Waals surface area contributed by atoms with Crippen LogP contribution in [0, 0.1) is 15.5 Å². The zero-order chi connectivity index (χ0) is 16.2. The van der Waals surface area contributed by atoms with Crippen LogP contribution in [0.25, 0.3) is 0 Å². The van der Waals surface area contributed by atoms with E-state index in [9.17, 15) is 19.7 Å². The maximum Gasteiger partial charge on any atom is 0.344 e. The van der Waals surface area contributed by atoms with Crippen LogP contribution >= 0.6 is 0 Å². The highest BCUT2D eigenvalue weighted by Crippen LogP contribution is 2.24. The normalized spacial score (nSPS) is 10.8. The molecule has 8 nitrogen and oxygen atoms in total. The van der Waals surface area contributed by atoms with Crippen LogP contribution in [0.5, 0.6) is 0 Å². The molecule has 0 spiro atoms. The highest BCUT2D eigenvalue weighted by Gasteiger charge is 2.25. The minimum absolute atomic E-state index is 0.163. The van der Waals surface area contributed by atoms with Gasteiger partial charge in [0.05, 0.1) is 17.4 Å². The van der Waals surface area contributed by atoms with Crippen LogP contribution in [-0.4, -0.2) is 30.5 Å². The van der Waals surface area contributed by atoms with Crippen LogP contribution in [0.3, 0.4) is 0 Å². The molecule has 21 heavy (non-hydrogen) atoms. The number of anilines is 1. The number of benzene rings is 1. The molecule has 1 aromatic carbocycles. The number of nitrogens with one attached hydrogen (secondary N) is 1. The van der Waals surface area contributed by atoms with Crippen LogP contribution in [0.1, 0.15) is 24.2 Å².